The fourth-order valence-electron chi connectivity index (χ4n) is 2.10. The first-order valence-corrected chi connectivity index (χ1v) is 4.71. The summed E-state index contributed by atoms with van der Waals surface area (Å²) >= 11 is 0. The molecule has 4 atom stereocenters. The summed E-state index contributed by atoms with van der Waals surface area (Å²) in [5.41, 5.74) is -0.733. The van der Waals surface area contributed by atoms with Gasteiger partial charge in [0, 0.05) is 7.11 Å². The van der Waals surface area contributed by atoms with Gasteiger partial charge in [-0.2, -0.15) is 0 Å². The van der Waals surface area contributed by atoms with Crippen LogP contribution < -0.4 is 0 Å². The fraction of sp³-hybridized carbons (Fsp3) is 0.889. The van der Waals surface area contributed by atoms with Gasteiger partial charge in [0.25, 0.3) is 0 Å². The highest BCUT2D eigenvalue weighted by atomic mass is 16.8. The number of ether oxygens (including phenoxy) is 4. The molecule has 0 radical (unpaired) electrons. The topological polar surface area (TPSA) is 74.2 Å². The van der Waals surface area contributed by atoms with Gasteiger partial charge in [0.1, 0.15) is 6.10 Å². The largest absolute Gasteiger partial charge is 0.509 e. The van der Waals surface area contributed by atoms with Crippen LogP contribution in [0.15, 0.2) is 0 Å². The van der Waals surface area contributed by atoms with Crippen LogP contribution in [0.1, 0.15) is 13.8 Å². The molecule has 2 heterocycles. The molecule has 0 aromatic carbocycles. The van der Waals surface area contributed by atoms with Gasteiger partial charge in [-0.05, 0) is 13.8 Å². The SMILES string of the molecule is COC1C2OC(=O)OC2C(O)OC1(C)C. The van der Waals surface area contributed by atoms with Crippen molar-refractivity contribution in [2.24, 2.45) is 0 Å². The highest BCUT2D eigenvalue weighted by Crippen LogP contribution is 2.36. The molecule has 0 bridgehead atoms. The number of aliphatic hydroxyl groups excluding tert-OH is 1. The molecule has 4 unspecified atom stereocenters. The van der Waals surface area contributed by atoms with E-state index in [1.54, 1.807) is 13.8 Å². The minimum absolute atomic E-state index is 0.461. The Kier molecular flexibility index (Phi) is 2.37. The van der Waals surface area contributed by atoms with E-state index >= 15 is 0 Å². The summed E-state index contributed by atoms with van der Waals surface area (Å²) in [7, 11) is 1.50. The van der Waals surface area contributed by atoms with Crippen LogP contribution >= 0.6 is 0 Å². The smallest absolute Gasteiger partial charge is 0.424 e. The zero-order chi connectivity index (χ0) is 11.2. The summed E-state index contributed by atoms with van der Waals surface area (Å²) < 4.78 is 20.3. The number of aliphatic hydroxyl groups is 1. The normalized spacial score (nSPS) is 43.1. The molecule has 2 aliphatic rings. The van der Waals surface area contributed by atoms with Crippen molar-refractivity contribution in [1.29, 1.82) is 0 Å². The Balaban J connectivity index is 2.26. The molecule has 6 nitrogen and oxygen atoms in total. The molecule has 2 rings (SSSR count). The van der Waals surface area contributed by atoms with Gasteiger partial charge in [-0.3, -0.25) is 0 Å². The molecule has 0 amide bonds. The molecule has 0 aromatic heterocycles. The van der Waals surface area contributed by atoms with Crippen LogP contribution in [0.4, 0.5) is 4.79 Å². The van der Waals surface area contributed by atoms with Crippen molar-refractivity contribution in [1.82, 2.24) is 0 Å². The van der Waals surface area contributed by atoms with Gasteiger partial charge in [-0.15, -0.1) is 0 Å². The van der Waals surface area contributed by atoms with Crippen LogP contribution in [-0.4, -0.2) is 48.6 Å². The van der Waals surface area contributed by atoms with E-state index in [0.29, 0.717) is 0 Å². The molecule has 0 spiro atoms. The number of hydrogen-bond acceptors (Lipinski definition) is 6. The Hall–Kier alpha value is -0.850. The molecule has 1 N–H and O–H groups in total. The van der Waals surface area contributed by atoms with E-state index < -0.39 is 36.4 Å². The lowest BCUT2D eigenvalue weighted by molar-refractivity contribution is -0.291. The zero-order valence-corrected chi connectivity index (χ0v) is 8.80. The molecular formula is C9H14O6. The lowest BCUT2D eigenvalue weighted by Gasteiger charge is -2.43. The molecule has 2 fully saturated rings. The van der Waals surface area contributed by atoms with Gasteiger partial charge in [0.2, 0.25) is 0 Å². The third kappa shape index (κ3) is 1.58. The molecule has 0 aromatic rings. The van der Waals surface area contributed by atoms with Crippen LogP contribution in [0.3, 0.4) is 0 Å². The number of carbonyl (C=O) groups excluding carboxylic acids is 1. The van der Waals surface area contributed by atoms with Gasteiger partial charge < -0.3 is 24.1 Å². The van der Waals surface area contributed by atoms with E-state index in [1.807, 2.05) is 0 Å². The minimum Gasteiger partial charge on any atom is -0.424 e. The minimum atomic E-state index is -1.18. The van der Waals surface area contributed by atoms with E-state index in [0.717, 1.165) is 0 Å². The first kappa shape index (κ1) is 10.7. The van der Waals surface area contributed by atoms with Crippen molar-refractivity contribution in [3.05, 3.63) is 0 Å². The van der Waals surface area contributed by atoms with Crippen molar-refractivity contribution in [2.45, 2.75) is 44.1 Å². The van der Waals surface area contributed by atoms with Gasteiger partial charge in [0.15, 0.2) is 18.5 Å². The quantitative estimate of drug-likeness (QED) is 0.626. The molecule has 2 aliphatic heterocycles. The molecule has 86 valence electrons. The maximum absolute atomic E-state index is 11.0. The molecule has 0 saturated carbocycles. The first-order chi connectivity index (χ1) is 6.95. The van der Waals surface area contributed by atoms with Crippen molar-refractivity contribution in [3.8, 4) is 0 Å². The van der Waals surface area contributed by atoms with Gasteiger partial charge in [-0.1, -0.05) is 0 Å². The number of rotatable bonds is 1. The van der Waals surface area contributed by atoms with E-state index in [-0.39, 0.29) is 0 Å². The standard InChI is InChI=1S/C9H14O6/c1-9(2)6(12-3)4-5(7(10)15-9)14-8(11)13-4/h4-7,10H,1-3H3. The van der Waals surface area contributed by atoms with Gasteiger partial charge >= 0.3 is 6.16 Å². The molecule has 2 saturated heterocycles. The van der Waals surface area contributed by atoms with Crippen LogP contribution in [0.5, 0.6) is 0 Å². The molecule has 6 heteroatoms. The van der Waals surface area contributed by atoms with E-state index in [9.17, 15) is 9.90 Å². The Morgan fingerprint density at radius 3 is 2.53 bits per heavy atom. The maximum atomic E-state index is 11.0. The van der Waals surface area contributed by atoms with Crippen molar-refractivity contribution < 1.29 is 28.8 Å². The third-order valence-electron chi connectivity index (χ3n) is 2.73. The van der Waals surface area contributed by atoms with E-state index in [4.69, 9.17) is 18.9 Å². The van der Waals surface area contributed by atoms with Gasteiger partial charge in [-0.25, -0.2) is 4.79 Å². The summed E-state index contributed by atoms with van der Waals surface area (Å²) in [6.45, 7) is 3.51. The number of carbonyl (C=O) groups is 1. The van der Waals surface area contributed by atoms with E-state index in [2.05, 4.69) is 0 Å². The second-order valence-electron chi connectivity index (χ2n) is 4.18. The maximum Gasteiger partial charge on any atom is 0.509 e. The Morgan fingerprint density at radius 1 is 1.33 bits per heavy atom. The van der Waals surface area contributed by atoms with Crippen LogP contribution in [0.2, 0.25) is 0 Å². The Morgan fingerprint density at radius 2 is 1.93 bits per heavy atom. The lowest BCUT2D eigenvalue weighted by atomic mass is 9.90. The summed E-state index contributed by atoms with van der Waals surface area (Å²) in [4.78, 5) is 11.0. The van der Waals surface area contributed by atoms with Crippen LogP contribution in [0.25, 0.3) is 0 Å². The summed E-state index contributed by atoms with van der Waals surface area (Å²) in [5, 5.41) is 9.61. The predicted octanol–water partition coefficient (Wildman–Crippen LogP) is 0.0326. The van der Waals surface area contributed by atoms with Gasteiger partial charge in [0.05, 0.1) is 5.60 Å². The lowest BCUT2D eigenvalue weighted by Crippen LogP contribution is -2.61. The summed E-state index contributed by atoms with van der Waals surface area (Å²) in [6.07, 6.45) is -3.87. The molecular weight excluding hydrogens is 204 g/mol. The molecule has 15 heavy (non-hydrogen) atoms. The first-order valence-electron chi connectivity index (χ1n) is 4.71. The van der Waals surface area contributed by atoms with Crippen LogP contribution in [0, 0.1) is 0 Å². The van der Waals surface area contributed by atoms with Crippen molar-refractivity contribution >= 4 is 6.16 Å². The monoisotopic (exact) mass is 218 g/mol. The average Bonchev–Trinajstić information content (AvgIpc) is 2.46. The van der Waals surface area contributed by atoms with Crippen molar-refractivity contribution in [2.75, 3.05) is 7.11 Å². The highest BCUT2D eigenvalue weighted by molar-refractivity contribution is 5.63. The fourth-order valence-corrected chi connectivity index (χ4v) is 2.10. The number of methoxy groups -OCH3 is 1. The highest BCUT2D eigenvalue weighted by Gasteiger charge is 2.57. The Labute approximate surface area is 87.1 Å². The predicted molar refractivity (Wildman–Crippen MR) is 47.1 cm³/mol. The number of hydrogen-bond donors (Lipinski definition) is 1. The van der Waals surface area contributed by atoms with Crippen molar-refractivity contribution in [3.63, 3.8) is 0 Å². The second kappa shape index (κ2) is 3.33. The summed E-state index contributed by atoms with van der Waals surface area (Å²) in [6, 6.07) is 0. The van der Waals surface area contributed by atoms with Crippen LogP contribution in [-0.2, 0) is 18.9 Å². The molecule has 0 aliphatic carbocycles. The Bertz CT molecular complexity index is 276. The van der Waals surface area contributed by atoms with E-state index in [1.165, 1.54) is 7.11 Å². The zero-order valence-electron chi connectivity index (χ0n) is 8.80. The summed E-state index contributed by atoms with van der Waals surface area (Å²) in [5.74, 6) is 0. The third-order valence-corrected chi connectivity index (χ3v) is 2.73. The average molecular weight is 218 g/mol. The second-order valence-corrected chi connectivity index (χ2v) is 4.18. The number of fused-ring (bicyclic) bond motifs is 1.